The molecular weight excluding hydrogens is 350 g/mol. The predicted molar refractivity (Wildman–Crippen MR) is 104 cm³/mol. The van der Waals surface area contributed by atoms with Crippen LogP contribution in [0.25, 0.3) is 11.4 Å². The van der Waals surface area contributed by atoms with E-state index >= 15 is 0 Å². The van der Waals surface area contributed by atoms with E-state index in [1.54, 1.807) is 7.05 Å². The van der Waals surface area contributed by atoms with E-state index in [-0.39, 0.29) is 0 Å². The summed E-state index contributed by atoms with van der Waals surface area (Å²) in [6.45, 7) is 3.93. The highest BCUT2D eigenvalue weighted by molar-refractivity contribution is 6.30. The second-order valence-electron chi connectivity index (χ2n) is 6.83. The summed E-state index contributed by atoms with van der Waals surface area (Å²) in [4.78, 5) is 8.72. The molecule has 3 rings (SSSR count). The van der Waals surface area contributed by atoms with Gasteiger partial charge >= 0.3 is 0 Å². The molecule has 1 aliphatic rings. The van der Waals surface area contributed by atoms with Crippen LogP contribution in [-0.4, -0.2) is 36.2 Å². The summed E-state index contributed by atoms with van der Waals surface area (Å²) in [7, 11) is 1.79. The molecule has 0 atom stereocenters. The van der Waals surface area contributed by atoms with Crippen LogP contribution >= 0.6 is 11.6 Å². The average molecular weight is 376 g/mol. The van der Waals surface area contributed by atoms with E-state index < -0.39 is 0 Å². The molecule has 2 N–H and O–H groups in total. The van der Waals surface area contributed by atoms with Crippen LogP contribution < -0.4 is 10.6 Å². The van der Waals surface area contributed by atoms with Crippen molar-refractivity contribution in [2.75, 3.05) is 20.1 Å². The summed E-state index contributed by atoms with van der Waals surface area (Å²) < 4.78 is 5.33. The summed E-state index contributed by atoms with van der Waals surface area (Å²) in [6, 6.07) is 7.39. The molecule has 6 nitrogen and oxygen atoms in total. The van der Waals surface area contributed by atoms with E-state index in [4.69, 9.17) is 16.1 Å². The minimum Gasteiger partial charge on any atom is -0.356 e. The van der Waals surface area contributed by atoms with Crippen molar-refractivity contribution < 1.29 is 4.52 Å². The van der Waals surface area contributed by atoms with Gasteiger partial charge in [0, 0.05) is 37.1 Å². The summed E-state index contributed by atoms with van der Waals surface area (Å²) in [6.07, 6.45) is 5.81. The Bertz CT molecular complexity index is 731. The quantitative estimate of drug-likeness (QED) is 0.570. The highest BCUT2D eigenvalue weighted by Gasteiger charge is 2.34. The average Bonchev–Trinajstić information content (AvgIpc) is 3.09. The summed E-state index contributed by atoms with van der Waals surface area (Å²) in [5, 5.41) is 11.5. The second kappa shape index (κ2) is 8.54. The number of benzene rings is 1. The highest BCUT2D eigenvalue weighted by atomic mass is 35.5. The first-order chi connectivity index (χ1) is 12.6. The molecule has 7 heteroatoms. The fourth-order valence-corrected chi connectivity index (χ4v) is 3.31. The smallest absolute Gasteiger partial charge is 0.228 e. The van der Waals surface area contributed by atoms with E-state index in [0.717, 1.165) is 18.1 Å². The molecule has 1 heterocycles. The minimum absolute atomic E-state index is 0.456. The minimum atomic E-state index is 0.456. The largest absolute Gasteiger partial charge is 0.356 e. The Morgan fingerprint density at radius 2 is 2.04 bits per heavy atom. The van der Waals surface area contributed by atoms with Crippen LogP contribution in [0.1, 0.15) is 38.5 Å². The van der Waals surface area contributed by atoms with Gasteiger partial charge in [0.15, 0.2) is 5.96 Å². The Hall–Kier alpha value is -2.08. The predicted octanol–water partition coefficient (Wildman–Crippen LogP) is 3.68. The molecule has 1 aromatic carbocycles. The third kappa shape index (κ3) is 4.55. The molecule has 1 aliphatic carbocycles. The van der Waals surface area contributed by atoms with E-state index in [9.17, 15) is 0 Å². The molecule has 0 unspecified atom stereocenters. The number of aromatic nitrogens is 2. The first kappa shape index (κ1) is 18.7. The maximum absolute atomic E-state index is 5.90. The van der Waals surface area contributed by atoms with Crippen molar-refractivity contribution in [3.8, 4) is 11.4 Å². The molecule has 1 saturated carbocycles. The molecule has 0 amide bonds. The Morgan fingerprint density at radius 1 is 1.27 bits per heavy atom. The molecular formula is C19H26ClN5O. The van der Waals surface area contributed by atoms with Crippen LogP contribution in [0.2, 0.25) is 5.02 Å². The van der Waals surface area contributed by atoms with Gasteiger partial charge in [-0.05, 0) is 48.9 Å². The maximum Gasteiger partial charge on any atom is 0.228 e. The number of guanidine groups is 1. The lowest BCUT2D eigenvalue weighted by molar-refractivity contribution is 0.131. The van der Waals surface area contributed by atoms with Crippen LogP contribution in [0.4, 0.5) is 0 Å². The zero-order chi connectivity index (χ0) is 18.4. The maximum atomic E-state index is 5.90. The monoisotopic (exact) mass is 375 g/mol. The van der Waals surface area contributed by atoms with Gasteiger partial charge in [0.1, 0.15) is 0 Å². The Morgan fingerprint density at radius 3 is 2.65 bits per heavy atom. The standard InChI is InChI=1S/C19H26ClN5O/c1-3-19(10-4-11-19)13-23-18(21-2)22-12-9-16-24-17(25-26-16)14-5-7-15(20)8-6-14/h5-8H,3-4,9-13H2,1-2H3,(H2,21,22,23). The molecule has 1 fully saturated rings. The van der Waals surface area contributed by atoms with Gasteiger partial charge in [-0.25, -0.2) is 0 Å². The van der Waals surface area contributed by atoms with Gasteiger partial charge in [0.25, 0.3) is 0 Å². The van der Waals surface area contributed by atoms with Crippen molar-refractivity contribution >= 4 is 17.6 Å². The highest BCUT2D eigenvalue weighted by Crippen LogP contribution is 2.42. The fourth-order valence-electron chi connectivity index (χ4n) is 3.18. The van der Waals surface area contributed by atoms with Crippen LogP contribution in [0.5, 0.6) is 0 Å². The second-order valence-corrected chi connectivity index (χ2v) is 7.26. The number of nitrogens with one attached hydrogen (secondary N) is 2. The van der Waals surface area contributed by atoms with Gasteiger partial charge in [-0.3, -0.25) is 4.99 Å². The molecule has 26 heavy (non-hydrogen) atoms. The first-order valence-electron chi connectivity index (χ1n) is 9.17. The first-order valence-corrected chi connectivity index (χ1v) is 9.55. The Kier molecular flexibility index (Phi) is 6.14. The van der Waals surface area contributed by atoms with Gasteiger partial charge in [-0.1, -0.05) is 30.1 Å². The van der Waals surface area contributed by atoms with Crippen LogP contribution in [0, 0.1) is 5.41 Å². The fraction of sp³-hybridized carbons (Fsp3) is 0.526. The lowest BCUT2D eigenvalue weighted by atomic mass is 9.67. The van der Waals surface area contributed by atoms with Crippen molar-refractivity contribution in [1.82, 2.24) is 20.8 Å². The molecule has 0 bridgehead atoms. The number of halogens is 1. The van der Waals surface area contributed by atoms with Gasteiger partial charge in [-0.15, -0.1) is 0 Å². The molecule has 1 aromatic heterocycles. The number of hydrogen-bond acceptors (Lipinski definition) is 4. The zero-order valence-corrected chi connectivity index (χ0v) is 16.1. The normalized spacial score (nSPS) is 16.2. The summed E-state index contributed by atoms with van der Waals surface area (Å²) in [5.74, 6) is 2.00. The number of rotatable bonds is 7. The van der Waals surface area contributed by atoms with E-state index in [1.165, 1.54) is 25.7 Å². The molecule has 2 aromatic rings. The molecule has 0 saturated heterocycles. The van der Waals surface area contributed by atoms with E-state index in [0.29, 0.717) is 35.1 Å². The number of nitrogens with zero attached hydrogens (tertiary/aromatic N) is 3. The molecule has 0 aliphatic heterocycles. The van der Waals surface area contributed by atoms with Crippen LogP contribution in [-0.2, 0) is 6.42 Å². The van der Waals surface area contributed by atoms with Crippen LogP contribution in [0.3, 0.4) is 0 Å². The lowest BCUT2D eigenvalue weighted by Gasteiger charge is -2.41. The van der Waals surface area contributed by atoms with Gasteiger partial charge < -0.3 is 15.2 Å². The SMILES string of the molecule is CCC1(CNC(=NC)NCCc2nc(-c3ccc(Cl)cc3)no2)CCC1. The van der Waals surface area contributed by atoms with Crippen molar-refractivity contribution in [2.24, 2.45) is 10.4 Å². The topological polar surface area (TPSA) is 75.3 Å². The number of aliphatic imine (C=N–C) groups is 1. The third-order valence-corrected chi connectivity index (χ3v) is 5.47. The van der Waals surface area contributed by atoms with Gasteiger partial charge in [-0.2, -0.15) is 4.98 Å². The molecule has 140 valence electrons. The van der Waals surface area contributed by atoms with Crippen LogP contribution in [0.15, 0.2) is 33.8 Å². The zero-order valence-electron chi connectivity index (χ0n) is 15.4. The Labute approximate surface area is 159 Å². The van der Waals surface area contributed by atoms with Crippen molar-refractivity contribution in [1.29, 1.82) is 0 Å². The van der Waals surface area contributed by atoms with Crippen molar-refractivity contribution in [3.63, 3.8) is 0 Å². The van der Waals surface area contributed by atoms with Crippen molar-refractivity contribution in [3.05, 3.63) is 35.2 Å². The van der Waals surface area contributed by atoms with Gasteiger partial charge in [0.05, 0.1) is 0 Å². The third-order valence-electron chi connectivity index (χ3n) is 5.22. The van der Waals surface area contributed by atoms with Gasteiger partial charge in [0.2, 0.25) is 11.7 Å². The van der Waals surface area contributed by atoms with E-state index in [1.807, 2.05) is 24.3 Å². The van der Waals surface area contributed by atoms with Crippen molar-refractivity contribution in [2.45, 2.75) is 39.0 Å². The summed E-state index contributed by atoms with van der Waals surface area (Å²) in [5.41, 5.74) is 1.35. The van der Waals surface area contributed by atoms with E-state index in [2.05, 4.69) is 32.7 Å². The molecule has 0 radical (unpaired) electrons. The summed E-state index contributed by atoms with van der Waals surface area (Å²) >= 11 is 5.90. The lowest BCUT2D eigenvalue weighted by Crippen LogP contribution is -2.46. The molecule has 0 spiro atoms. The Balaban J connectivity index is 1.46. The number of hydrogen-bond donors (Lipinski definition) is 2.